The van der Waals surface area contributed by atoms with Crippen molar-refractivity contribution in [3.05, 3.63) is 0 Å². The second-order valence-electron chi connectivity index (χ2n) is 4.71. The molecule has 0 bridgehead atoms. The molecule has 0 aromatic rings. The molecule has 0 aromatic carbocycles. The maximum absolute atomic E-state index is 10.7. The van der Waals surface area contributed by atoms with Crippen molar-refractivity contribution in [1.82, 2.24) is 4.90 Å². The summed E-state index contributed by atoms with van der Waals surface area (Å²) < 4.78 is 5.44. The summed E-state index contributed by atoms with van der Waals surface area (Å²) in [6.07, 6.45) is 3.85. The van der Waals surface area contributed by atoms with E-state index in [0.717, 1.165) is 38.8 Å². The van der Waals surface area contributed by atoms with Crippen LogP contribution in [0.2, 0.25) is 0 Å². The first-order valence-corrected chi connectivity index (χ1v) is 6.31. The summed E-state index contributed by atoms with van der Waals surface area (Å²) in [5.74, 6) is -0.849. The topological polar surface area (TPSA) is 70.0 Å². The van der Waals surface area contributed by atoms with Crippen LogP contribution in [-0.2, 0) is 9.53 Å². The van der Waals surface area contributed by atoms with E-state index in [-0.39, 0.29) is 12.7 Å². The number of rotatable bonds is 8. The number of aliphatic hydroxyl groups excluding tert-OH is 1. The van der Waals surface area contributed by atoms with Gasteiger partial charge in [-0.3, -0.25) is 0 Å². The van der Waals surface area contributed by atoms with Crippen LogP contribution in [0.25, 0.3) is 0 Å². The number of aliphatic hydroxyl groups is 1. The van der Waals surface area contributed by atoms with Crippen LogP contribution in [0.15, 0.2) is 0 Å². The van der Waals surface area contributed by atoms with Gasteiger partial charge in [-0.05, 0) is 45.7 Å². The number of carbonyl (C=O) groups is 1. The van der Waals surface area contributed by atoms with E-state index in [9.17, 15) is 4.79 Å². The van der Waals surface area contributed by atoms with Gasteiger partial charge in [-0.1, -0.05) is 0 Å². The Morgan fingerprint density at radius 1 is 1.35 bits per heavy atom. The Balaban J connectivity index is 2.10. The van der Waals surface area contributed by atoms with Gasteiger partial charge in [-0.2, -0.15) is 0 Å². The highest BCUT2D eigenvalue weighted by Gasteiger charge is 2.30. The van der Waals surface area contributed by atoms with Gasteiger partial charge in [0.05, 0.1) is 6.10 Å². The smallest absolute Gasteiger partial charge is 0.332 e. The van der Waals surface area contributed by atoms with E-state index in [1.807, 2.05) is 7.05 Å². The maximum atomic E-state index is 10.7. The van der Waals surface area contributed by atoms with E-state index in [4.69, 9.17) is 14.9 Å². The van der Waals surface area contributed by atoms with E-state index >= 15 is 0 Å². The molecular weight excluding hydrogens is 222 g/mol. The molecule has 2 unspecified atom stereocenters. The van der Waals surface area contributed by atoms with Gasteiger partial charge < -0.3 is 19.8 Å². The normalized spacial score (nSPS) is 24.4. The molecule has 100 valence electrons. The Morgan fingerprint density at radius 2 is 2.12 bits per heavy atom. The third kappa shape index (κ3) is 5.48. The van der Waals surface area contributed by atoms with Crippen molar-refractivity contribution < 1.29 is 19.7 Å². The van der Waals surface area contributed by atoms with Crippen LogP contribution in [-0.4, -0.2) is 60.0 Å². The number of carboxylic acids is 1. The third-order valence-electron chi connectivity index (χ3n) is 3.10. The zero-order valence-electron chi connectivity index (χ0n) is 10.5. The number of unbranched alkanes of at least 4 members (excludes halogenated alkanes) is 2. The average Bonchev–Trinajstić information content (AvgIpc) is 2.73. The summed E-state index contributed by atoms with van der Waals surface area (Å²) in [4.78, 5) is 12.9. The lowest BCUT2D eigenvalue weighted by atomic mass is 10.2. The number of aliphatic carboxylic acids is 1. The summed E-state index contributed by atoms with van der Waals surface area (Å²) >= 11 is 0. The molecule has 1 aliphatic rings. The fourth-order valence-electron chi connectivity index (χ4n) is 2.13. The summed E-state index contributed by atoms with van der Waals surface area (Å²) in [5.41, 5.74) is 0. The molecule has 2 N–H and O–H groups in total. The first-order valence-electron chi connectivity index (χ1n) is 6.31. The molecule has 0 spiro atoms. The largest absolute Gasteiger partial charge is 0.479 e. The molecule has 5 heteroatoms. The molecule has 0 aliphatic carbocycles. The lowest BCUT2D eigenvalue weighted by Gasteiger charge is -2.20. The van der Waals surface area contributed by atoms with Gasteiger partial charge in [0.1, 0.15) is 0 Å². The molecule has 2 atom stereocenters. The summed E-state index contributed by atoms with van der Waals surface area (Å²) in [6.45, 7) is 2.02. The predicted molar refractivity (Wildman–Crippen MR) is 64.0 cm³/mol. The first-order chi connectivity index (χ1) is 8.13. The molecule has 0 radical (unpaired) electrons. The molecular formula is C12H23NO4. The van der Waals surface area contributed by atoms with E-state index in [2.05, 4.69) is 4.90 Å². The van der Waals surface area contributed by atoms with E-state index in [0.29, 0.717) is 6.42 Å². The minimum atomic E-state index is -0.849. The van der Waals surface area contributed by atoms with Crippen molar-refractivity contribution >= 4 is 5.97 Å². The molecule has 17 heavy (non-hydrogen) atoms. The highest BCUT2D eigenvalue weighted by atomic mass is 16.5. The fourth-order valence-corrected chi connectivity index (χ4v) is 2.13. The van der Waals surface area contributed by atoms with Gasteiger partial charge >= 0.3 is 5.97 Å². The summed E-state index contributed by atoms with van der Waals surface area (Å²) in [7, 11) is 2.02. The van der Waals surface area contributed by atoms with Gasteiger partial charge in [0.2, 0.25) is 0 Å². The van der Waals surface area contributed by atoms with E-state index < -0.39 is 12.1 Å². The Hall–Kier alpha value is -0.650. The van der Waals surface area contributed by atoms with Gasteiger partial charge in [0, 0.05) is 13.2 Å². The quantitative estimate of drug-likeness (QED) is 0.616. The van der Waals surface area contributed by atoms with Crippen LogP contribution in [0, 0.1) is 0 Å². The molecule has 5 nitrogen and oxygen atoms in total. The van der Waals surface area contributed by atoms with Crippen molar-refractivity contribution in [2.45, 2.75) is 44.3 Å². The molecule has 1 saturated heterocycles. The SMILES string of the molecule is CN(CCCCCO)CC1CCC(C(=O)O)O1. The van der Waals surface area contributed by atoms with Crippen molar-refractivity contribution in [1.29, 1.82) is 0 Å². The Kier molecular flexibility index (Phi) is 6.47. The van der Waals surface area contributed by atoms with Crippen LogP contribution in [0.3, 0.4) is 0 Å². The Morgan fingerprint density at radius 3 is 2.71 bits per heavy atom. The fraction of sp³-hybridized carbons (Fsp3) is 0.917. The third-order valence-corrected chi connectivity index (χ3v) is 3.10. The second-order valence-corrected chi connectivity index (χ2v) is 4.71. The molecule has 1 rings (SSSR count). The maximum Gasteiger partial charge on any atom is 0.332 e. The van der Waals surface area contributed by atoms with Crippen molar-refractivity contribution in [3.63, 3.8) is 0 Å². The Labute approximate surface area is 102 Å². The van der Waals surface area contributed by atoms with Crippen LogP contribution in [0.5, 0.6) is 0 Å². The van der Waals surface area contributed by atoms with Crippen LogP contribution < -0.4 is 0 Å². The van der Waals surface area contributed by atoms with E-state index in [1.165, 1.54) is 0 Å². The number of nitrogens with zero attached hydrogens (tertiary/aromatic N) is 1. The highest BCUT2D eigenvalue weighted by molar-refractivity contribution is 5.72. The number of likely N-dealkylation sites (N-methyl/N-ethyl adjacent to an activating group) is 1. The monoisotopic (exact) mass is 245 g/mol. The zero-order chi connectivity index (χ0) is 12.7. The van der Waals surface area contributed by atoms with Crippen LogP contribution >= 0.6 is 0 Å². The number of hydrogen-bond donors (Lipinski definition) is 2. The number of ether oxygens (including phenoxy) is 1. The zero-order valence-corrected chi connectivity index (χ0v) is 10.5. The van der Waals surface area contributed by atoms with Gasteiger partial charge in [0.15, 0.2) is 6.10 Å². The van der Waals surface area contributed by atoms with Crippen molar-refractivity contribution in [2.75, 3.05) is 26.7 Å². The average molecular weight is 245 g/mol. The second kappa shape index (κ2) is 7.63. The minimum absolute atomic E-state index is 0.0546. The Bertz CT molecular complexity index is 235. The minimum Gasteiger partial charge on any atom is -0.479 e. The highest BCUT2D eigenvalue weighted by Crippen LogP contribution is 2.20. The lowest BCUT2D eigenvalue weighted by Crippen LogP contribution is -2.31. The molecule has 1 aliphatic heterocycles. The predicted octanol–water partition coefficient (Wildman–Crippen LogP) is 0.713. The summed E-state index contributed by atoms with van der Waals surface area (Å²) in [5, 5.41) is 17.5. The van der Waals surface area contributed by atoms with Gasteiger partial charge in [-0.25, -0.2) is 4.79 Å². The lowest BCUT2D eigenvalue weighted by molar-refractivity contribution is -0.149. The van der Waals surface area contributed by atoms with E-state index in [1.54, 1.807) is 0 Å². The summed E-state index contributed by atoms with van der Waals surface area (Å²) in [6, 6.07) is 0. The molecule has 0 amide bonds. The standard InChI is InChI=1S/C12H23NO4/c1-13(7-3-2-4-8-14)9-10-5-6-11(17-10)12(15)16/h10-11,14H,2-9H2,1H3,(H,15,16). The first kappa shape index (κ1) is 14.4. The van der Waals surface area contributed by atoms with Crippen LogP contribution in [0.4, 0.5) is 0 Å². The number of carboxylic acid groups (broad SMARTS) is 1. The molecule has 0 saturated carbocycles. The van der Waals surface area contributed by atoms with Gasteiger partial charge in [0.25, 0.3) is 0 Å². The van der Waals surface area contributed by atoms with Gasteiger partial charge in [-0.15, -0.1) is 0 Å². The van der Waals surface area contributed by atoms with Crippen LogP contribution in [0.1, 0.15) is 32.1 Å². The molecule has 1 heterocycles. The van der Waals surface area contributed by atoms with Crippen molar-refractivity contribution in [3.8, 4) is 0 Å². The number of hydrogen-bond acceptors (Lipinski definition) is 4. The molecule has 0 aromatic heterocycles. The van der Waals surface area contributed by atoms with Crippen molar-refractivity contribution in [2.24, 2.45) is 0 Å². The molecule has 1 fully saturated rings.